The van der Waals surface area contributed by atoms with Crippen molar-refractivity contribution in [3.05, 3.63) is 24.6 Å². The van der Waals surface area contributed by atoms with E-state index in [1.165, 1.54) is 20.2 Å². The Balaban J connectivity index is 2.08. The van der Waals surface area contributed by atoms with Gasteiger partial charge < -0.3 is 14.8 Å². The van der Waals surface area contributed by atoms with Crippen LogP contribution in [-0.2, 0) is 9.59 Å². The molecule has 1 aromatic carbocycles. The first-order chi connectivity index (χ1) is 8.88. The molecule has 0 aliphatic heterocycles. The molecule has 19 heavy (non-hydrogen) atoms. The molecule has 100 valence electrons. The van der Waals surface area contributed by atoms with Crippen molar-refractivity contribution in [2.24, 2.45) is 5.41 Å². The lowest BCUT2D eigenvalue weighted by molar-refractivity contribution is -0.148. The van der Waals surface area contributed by atoms with Gasteiger partial charge in [-0.05, 0) is 26.0 Å². The molecule has 0 fully saturated rings. The van der Waals surface area contributed by atoms with Crippen molar-refractivity contribution in [1.29, 1.82) is 0 Å². The highest BCUT2D eigenvalue weighted by molar-refractivity contribution is 5.95. The molecule has 0 radical (unpaired) electrons. The zero-order valence-electron chi connectivity index (χ0n) is 10.6. The number of rotatable bonds is 4. The summed E-state index contributed by atoms with van der Waals surface area (Å²) >= 11 is 0. The van der Waals surface area contributed by atoms with Crippen molar-refractivity contribution >= 4 is 28.7 Å². The van der Waals surface area contributed by atoms with Gasteiger partial charge in [0, 0.05) is 18.2 Å². The average molecular weight is 262 g/mol. The van der Waals surface area contributed by atoms with Crippen LogP contribution >= 0.6 is 0 Å². The predicted molar refractivity (Wildman–Crippen MR) is 68.7 cm³/mol. The summed E-state index contributed by atoms with van der Waals surface area (Å²) in [7, 11) is 0. The molecule has 2 N–H and O–H groups in total. The Morgan fingerprint density at radius 3 is 2.84 bits per heavy atom. The number of fused-ring (bicyclic) bond motifs is 1. The summed E-state index contributed by atoms with van der Waals surface area (Å²) in [5.74, 6) is -1.36. The molecule has 6 heteroatoms. The Kier molecular flexibility index (Phi) is 3.25. The van der Waals surface area contributed by atoms with Crippen LogP contribution in [0.25, 0.3) is 11.1 Å². The van der Waals surface area contributed by atoms with Gasteiger partial charge >= 0.3 is 5.97 Å². The van der Waals surface area contributed by atoms with Gasteiger partial charge in [0.15, 0.2) is 12.0 Å². The first-order valence-corrected chi connectivity index (χ1v) is 5.75. The summed E-state index contributed by atoms with van der Waals surface area (Å²) in [5.41, 5.74) is 0.718. The topological polar surface area (TPSA) is 92.4 Å². The number of amides is 1. The summed E-state index contributed by atoms with van der Waals surface area (Å²) in [5, 5.41) is 11.6. The number of carbonyl (C=O) groups excluding carboxylic acids is 1. The Morgan fingerprint density at radius 2 is 2.16 bits per heavy atom. The fourth-order valence-corrected chi connectivity index (χ4v) is 1.62. The van der Waals surface area contributed by atoms with Gasteiger partial charge in [0.25, 0.3) is 0 Å². The van der Waals surface area contributed by atoms with E-state index in [1.807, 2.05) is 0 Å². The molecule has 1 amide bonds. The van der Waals surface area contributed by atoms with Crippen LogP contribution in [0.4, 0.5) is 5.69 Å². The van der Waals surface area contributed by atoms with E-state index in [4.69, 9.17) is 9.52 Å². The Bertz CT molecular complexity index is 630. The van der Waals surface area contributed by atoms with E-state index in [9.17, 15) is 9.59 Å². The monoisotopic (exact) mass is 262 g/mol. The lowest BCUT2D eigenvalue weighted by Crippen LogP contribution is -2.29. The molecule has 6 nitrogen and oxygen atoms in total. The SMILES string of the molecule is CC(C)(CC(=O)Nc1ccc2ncoc2c1)C(=O)O. The largest absolute Gasteiger partial charge is 0.481 e. The number of hydrogen-bond acceptors (Lipinski definition) is 4. The maximum absolute atomic E-state index is 11.8. The second-order valence-electron chi connectivity index (χ2n) is 4.95. The van der Waals surface area contributed by atoms with Crippen LogP contribution in [0.2, 0.25) is 0 Å². The molecule has 0 spiro atoms. The number of carbonyl (C=O) groups is 2. The number of carboxylic acids is 1. The summed E-state index contributed by atoms with van der Waals surface area (Å²) in [4.78, 5) is 26.7. The minimum absolute atomic E-state index is 0.100. The van der Waals surface area contributed by atoms with Gasteiger partial charge in [-0.2, -0.15) is 0 Å². The molecule has 0 aliphatic rings. The third-order valence-corrected chi connectivity index (χ3v) is 2.80. The minimum atomic E-state index is -1.10. The molecular weight excluding hydrogens is 248 g/mol. The number of oxazole rings is 1. The molecule has 0 aliphatic carbocycles. The zero-order valence-corrected chi connectivity index (χ0v) is 10.6. The number of aliphatic carboxylic acids is 1. The number of carboxylic acid groups (broad SMARTS) is 1. The lowest BCUT2D eigenvalue weighted by atomic mass is 9.89. The van der Waals surface area contributed by atoms with Crippen LogP contribution in [-0.4, -0.2) is 22.0 Å². The third-order valence-electron chi connectivity index (χ3n) is 2.80. The number of aromatic nitrogens is 1. The Hall–Kier alpha value is -2.37. The first-order valence-electron chi connectivity index (χ1n) is 5.75. The van der Waals surface area contributed by atoms with E-state index in [0.717, 1.165) is 0 Å². The van der Waals surface area contributed by atoms with Gasteiger partial charge in [-0.1, -0.05) is 0 Å². The fraction of sp³-hybridized carbons (Fsp3) is 0.308. The number of nitrogens with zero attached hydrogens (tertiary/aromatic N) is 1. The molecule has 2 aromatic rings. The highest BCUT2D eigenvalue weighted by atomic mass is 16.4. The van der Waals surface area contributed by atoms with Gasteiger partial charge in [0.1, 0.15) is 5.52 Å². The van der Waals surface area contributed by atoms with Crippen LogP contribution in [0.1, 0.15) is 20.3 Å². The van der Waals surface area contributed by atoms with E-state index >= 15 is 0 Å². The van der Waals surface area contributed by atoms with E-state index in [-0.39, 0.29) is 12.3 Å². The number of benzene rings is 1. The Labute approximate surface area is 109 Å². The maximum atomic E-state index is 11.8. The van der Waals surface area contributed by atoms with Crippen LogP contribution in [0, 0.1) is 5.41 Å². The van der Waals surface area contributed by atoms with Gasteiger partial charge in [-0.3, -0.25) is 9.59 Å². The molecule has 0 saturated heterocycles. The molecule has 0 atom stereocenters. The summed E-state index contributed by atoms with van der Waals surface area (Å²) < 4.78 is 5.12. The van der Waals surface area contributed by atoms with Crippen LogP contribution < -0.4 is 5.32 Å². The van der Waals surface area contributed by atoms with Crippen molar-refractivity contribution in [1.82, 2.24) is 4.98 Å². The van der Waals surface area contributed by atoms with Crippen molar-refractivity contribution in [2.45, 2.75) is 20.3 Å². The van der Waals surface area contributed by atoms with E-state index < -0.39 is 11.4 Å². The molecule has 0 bridgehead atoms. The maximum Gasteiger partial charge on any atom is 0.309 e. The van der Waals surface area contributed by atoms with Gasteiger partial charge in [0.05, 0.1) is 5.41 Å². The highest BCUT2D eigenvalue weighted by Gasteiger charge is 2.30. The van der Waals surface area contributed by atoms with Crippen molar-refractivity contribution in [3.63, 3.8) is 0 Å². The quantitative estimate of drug-likeness (QED) is 0.881. The van der Waals surface area contributed by atoms with E-state index in [1.54, 1.807) is 18.2 Å². The zero-order chi connectivity index (χ0) is 14.0. The van der Waals surface area contributed by atoms with Crippen LogP contribution in [0.3, 0.4) is 0 Å². The predicted octanol–water partition coefficient (Wildman–Crippen LogP) is 2.27. The summed E-state index contributed by atoms with van der Waals surface area (Å²) in [6, 6.07) is 5.06. The number of anilines is 1. The smallest absolute Gasteiger partial charge is 0.309 e. The Morgan fingerprint density at radius 1 is 1.42 bits per heavy atom. The summed E-state index contributed by atoms with van der Waals surface area (Å²) in [6.45, 7) is 3.02. The summed E-state index contributed by atoms with van der Waals surface area (Å²) in [6.07, 6.45) is 1.22. The number of hydrogen-bond donors (Lipinski definition) is 2. The molecule has 1 heterocycles. The second-order valence-corrected chi connectivity index (χ2v) is 4.95. The van der Waals surface area contributed by atoms with Gasteiger partial charge in [-0.25, -0.2) is 4.98 Å². The highest BCUT2D eigenvalue weighted by Crippen LogP contribution is 2.22. The van der Waals surface area contributed by atoms with E-state index in [2.05, 4.69) is 10.3 Å². The van der Waals surface area contributed by atoms with Gasteiger partial charge in [-0.15, -0.1) is 0 Å². The first kappa shape index (κ1) is 13.1. The third kappa shape index (κ3) is 2.90. The molecular formula is C13H14N2O4. The normalized spacial score (nSPS) is 11.5. The molecule has 2 rings (SSSR count). The number of nitrogens with one attached hydrogen (secondary N) is 1. The second kappa shape index (κ2) is 4.72. The van der Waals surface area contributed by atoms with Crippen molar-refractivity contribution in [2.75, 3.05) is 5.32 Å². The van der Waals surface area contributed by atoms with Crippen LogP contribution in [0.5, 0.6) is 0 Å². The van der Waals surface area contributed by atoms with Crippen molar-refractivity contribution < 1.29 is 19.1 Å². The molecule has 0 unspecified atom stereocenters. The van der Waals surface area contributed by atoms with E-state index in [0.29, 0.717) is 16.8 Å². The van der Waals surface area contributed by atoms with Crippen molar-refractivity contribution in [3.8, 4) is 0 Å². The molecule has 1 aromatic heterocycles. The van der Waals surface area contributed by atoms with Crippen LogP contribution in [0.15, 0.2) is 29.0 Å². The minimum Gasteiger partial charge on any atom is -0.481 e. The van der Waals surface area contributed by atoms with Gasteiger partial charge in [0.2, 0.25) is 5.91 Å². The fourth-order valence-electron chi connectivity index (χ4n) is 1.62. The molecule has 0 saturated carbocycles. The lowest BCUT2D eigenvalue weighted by Gasteiger charge is -2.18. The average Bonchev–Trinajstić information content (AvgIpc) is 2.74. The standard InChI is InChI=1S/C13H14N2O4/c1-13(2,12(17)18)6-11(16)15-8-3-4-9-10(5-8)19-7-14-9/h3-5,7H,6H2,1-2H3,(H,15,16)(H,17,18).